The first-order valence-electron chi connectivity index (χ1n) is 6.84. The van der Waals surface area contributed by atoms with E-state index in [9.17, 15) is 0 Å². The van der Waals surface area contributed by atoms with Gasteiger partial charge in [0.05, 0.1) is 0 Å². The van der Waals surface area contributed by atoms with Gasteiger partial charge in [-0.2, -0.15) is 0 Å². The van der Waals surface area contributed by atoms with E-state index in [2.05, 4.69) is 43.8 Å². The number of likely N-dealkylation sites (N-methyl/N-ethyl adjacent to an activating group) is 2. The molecule has 1 aliphatic heterocycles. The predicted octanol–water partition coefficient (Wildman–Crippen LogP) is 2.80. The van der Waals surface area contributed by atoms with Crippen molar-refractivity contribution in [3.63, 3.8) is 0 Å². The van der Waals surface area contributed by atoms with Gasteiger partial charge in [0, 0.05) is 18.1 Å². The zero-order valence-electron chi connectivity index (χ0n) is 11.2. The summed E-state index contributed by atoms with van der Waals surface area (Å²) in [5.74, 6) is 0. The van der Waals surface area contributed by atoms with Crippen molar-refractivity contribution in [2.75, 3.05) is 13.6 Å². The van der Waals surface area contributed by atoms with Gasteiger partial charge in [-0.1, -0.05) is 32.8 Å². The van der Waals surface area contributed by atoms with E-state index >= 15 is 0 Å². The first-order valence-corrected chi connectivity index (χ1v) is 6.84. The molecule has 1 saturated heterocycles. The van der Waals surface area contributed by atoms with Crippen LogP contribution in [0, 0.1) is 0 Å². The standard InChI is InChI=1S/C14H28N2/c1-5-12-10-8-9-11-14(16(12)7-3)13(6-2)15-4/h5,12-15H,1,6-11H2,2-4H3. The Morgan fingerprint density at radius 3 is 2.56 bits per heavy atom. The summed E-state index contributed by atoms with van der Waals surface area (Å²) >= 11 is 0. The minimum absolute atomic E-state index is 0.583. The highest BCUT2D eigenvalue weighted by molar-refractivity contribution is 4.95. The Kier molecular flexibility index (Phi) is 6.07. The van der Waals surface area contributed by atoms with Crippen LogP contribution in [0.25, 0.3) is 0 Å². The molecule has 1 fully saturated rings. The van der Waals surface area contributed by atoms with Gasteiger partial charge in [-0.3, -0.25) is 4.90 Å². The first kappa shape index (κ1) is 13.7. The summed E-state index contributed by atoms with van der Waals surface area (Å²) < 4.78 is 0. The van der Waals surface area contributed by atoms with Crippen molar-refractivity contribution in [3.05, 3.63) is 12.7 Å². The van der Waals surface area contributed by atoms with Gasteiger partial charge in [-0.25, -0.2) is 0 Å². The molecule has 0 bridgehead atoms. The minimum Gasteiger partial charge on any atom is -0.315 e. The van der Waals surface area contributed by atoms with Crippen molar-refractivity contribution < 1.29 is 0 Å². The highest BCUT2D eigenvalue weighted by Crippen LogP contribution is 2.25. The van der Waals surface area contributed by atoms with Crippen molar-refractivity contribution in [1.82, 2.24) is 10.2 Å². The lowest BCUT2D eigenvalue weighted by Gasteiger charge is -2.38. The summed E-state index contributed by atoms with van der Waals surface area (Å²) in [6, 6.07) is 1.89. The van der Waals surface area contributed by atoms with Crippen LogP contribution in [0.5, 0.6) is 0 Å². The molecule has 1 aliphatic rings. The van der Waals surface area contributed by atoms with Crippen molar-refractivity contribution in [2.45, 2.75) is 64.1 Å². The zero-order chi connectivity index (χ0) is 12.0. The number of hydrogen-bond donors (Lipinski definition) is 1. The van der Waals surface area contributed by atoms with Crippen LogP contribution < -0.4 is 5.32 Å². The number of nitrogens with one attached hydrogen (secondary N) is 1. The van der Waals surface area contributed by atoms with E-state index in [1.165, 1.54) is 32.1 Å². The predicted molar refractivity (Wildman–Crippen MR) is 71.8 cm³/mol. The lowest BCUT2D eigenvalue weighted by molar-refractivity contribution is 0.135. The molecule has 0 saturated carbocycles. The van der Waals surface area contributed by atoms with Crippen LogP contribution in [0.15, 0.2) is 12.7 Å². The van der Waals surface area contributed by atoms with Gasteiger partial charge in [0.1, 0.15) is 0 Å². The van der Waals surface area contributed by atoms with Crippen LogP contribution in [0.2, 0.25) is 0 Å². The van der Waals surface area contributed by atoms with Crippen LogP contribution in [-0.4, -0.2) is 36.6 Å². The third kappa shape index (κ3) is 3.08. The van der Waals surface area contributed by atoms with E-state index in [0.717, 1.165) is 6.54 Å². The highest BCUT2D eigenvalue weighted by Gasteiger charge is 2.30. The van der Waals surface area contributed by atoms with Crippen molar-refractivity contribution >= 4 is 0 Å². The summed E-state index contributed by atoms with van der Waals surface area (Å²) in [6.07, 6.45) is 8.69. The Balaban J connectivity index is 2.80. The summed E-state index contributed by atoms with van der Waals surface area (Å²) in [7, 11) is 2.09. The molecule has 0 amide bonds. The quantitative estimate of drug-likeness (QED) is 0.722. The van der Waals surface area contributed by atoms with E-state index in [-0.39, 0.29) is 0 Å². The van der Waals surface area contributed by atoms with Gasteiger partial charge in [-0.05, 0) is 32.9 Å². The highest BCUT2D eigenvalue weighted by atomic mass is 15.2. The van der Waals surface area contributed by atoms with E-state index < -0.39 is 0 Å². The average molecular weight is 224 g/mol. The molecule has 0 aromatic carbocycles. The van der Waals surface area contributed by atoms with Crippen LogP contribution in [0.3, 0.4) is 0 Å². The largest absolute Gasteiger partial charge is 0.315 e. The second-order valence-corrected chi connectivity index (χ2v) is 4.79. The zero-order valence-corrected chi connectivity index (χ0v) is 11.2. The second kappa shape index (κ2) is 7.08. The molecule has 0 aliphatic carbocycles. The van der Waals surface area contributed by atoms with Gasteiger partial charge in [0.25, 0.3) is 0 Å². The maximum atomic E-state index is 4.01. The molecule has 3 atom stereocenters. The summed E-state index contributed by atoms with van der Waals surface area (Å²) in [5, 5.41) is 3.48. The van der Waals surface area contributed by atoms with E-state index in [1.54, 1.807) is 0 Å². The summed E-state index contributed by atoms with van der Waals surface area (Å²) in [5.41, 5.74) is 0. The summed E-state index contributed by atoms with van der Waals surface area (Å²) in [6.45, 7) is 9.70. The molecule has 0 aromatic heterocycles. The van der Waals surface area contributed by atoms with Crippen LogP contribution >= 0.6 is 0 Å². The molecule has 16 heavy (non-hydrogen) atoms. The Labute approximate surface area is 101 Å². The Hall–Kier alpha value is -0.340. The van der Waals surface area contributed by atoms with Crippen molar-refractivity contribution in [3.8, 4) is 0 Å². The topological polar surface area (TPSA) is 15.3 Å². The molecule has 0 radical (unpaired) electrons. The van der Waals surface area contributed by atoms with Gasteiger partial charge in [-0.15, -0.1) is 6.58 Å². The number of rotatable bonds is 5. The molecule has 0 aromatic rings. The molecule has 2 nitrogen and oxygen atoms in total. The van der Waals surface area contributed by atoms with Gasteiger partial charge in [0.2, 0.25) is 0 Å². The fourth-order valence-electron chi connectivity index (χ4n) is 3.11. The number of hydrogen-bond acceptors (Lipinski definition) is 2. The van der Waals surface area contributed by atoms with E-state index in [0.29, 0.717) is 18.1 Å². The lowest BCUT2D eigenvalue weighted by atomic mass is 9.99. The maximum Gasteiger partial charge on any atom is 0.0279 e. The normalized spacial score (nSPS) is 29.7. The smallest absolute Gasteiger partial charge is 0.0279 e. The Bertz CT molecular complexity index is 199. The minimum atomic E-state index is 0.583. The van der Waals surface area contributed by atoms with Gasteiger partial charge < -0.3 is 5.32 Å². The monoisotopic (exact) mass is 224 g/mol. The third-order valence-corrected chi connectivity index (χ3v) is 4.01. The molecule has 1 N–H and O–H groups in total. The Morgan fingerprint density at radius 2 is 2.06 bits per heavy atom. The van der Waals surface area contributed by atoms with Crippen LogP contribution in [-0.2, 0) is 0 Å². The van der Waals surface area contributed by atoms with Crippen molar-refractivity contribution in [2.24, 2.45) is 0 Å². The van der Waals surface area contributed by atoms with Crippen LogP contribution in [0.4, 0.5) is 0 Å². The SMILES string of the molecule is C=CC1CCCCC(C(CC)NC)N1CC. The molecule has 3 unspecified atom stereocenters. The van der Waals surface area contributed by atoms with Gasteiger partial charge in [0.15, 0.2) is 0 Å². The molecule has 94 valence electrons. The molecule has 0 spiro atoms. The van der Waals surface area contributed by atoms with E-state index in [1.807, 2.05) is 0 Å². The van der Waals surface area contributed by atoms with E-state index in [4.69, 9.17) is 0 Å². The fraction of sp³-hybridized carbons (Fsp3) is 0.857. The second-order valence-electron chi connectivity index (χ2n) is 4.79. The molecule has 1 rings (SSSR count). The molecular formula is C14H28N2. The lowest BCUT2D eigenvalue weighted by Crippen LogP contribution is -2.51. The first-order chi connectivity index (χ1) is 7.78. The maximum absolute atomic E-state index is 4.01. The van der Waals surface area contributed by atoms with Crippen molar-refractivity contribution in [1.29, 1.82) is 0 Å². The number of likely N-dealkylation sites (tertiary alicyclic amines) is 1. The number of nitrogens with zero attached hydrogens (tertiary/aromatic N) is 1. The third-order valence-electron chi connectivity index (χ3n) is 4.01. The molecular weight excluding hydrogens is 196 g/mol. The Morgan fingerprint density at radius 1 is 1.38 bits per heavy atom. The fourth-order valence-corrected chi connectivity index (χ4v) is 3.11. The molecule has 2 heteroatoms. The van der Waals surface area contributed by atoms with Gasteiger partial charge >= 0.3 is 0 Å². The molecule has 1 heterocycles. The average Bonchev–Trinajstić information content (AvgIpc) is 2.52. The summed E-state index contributed by atoms with van der Waals surface area (Å²) in [4.78, 5) is 2.64. The van der Waals surface area contributed by atoms with Crippen LogP contribution in [0.1, 0.15) is 46.0 Å².